The maximum absolute atomic E-state index is 3.60. The number of rotatable bonds is 6. The summed E-state index contributed by atoms with van der Waals surface area (Å²) in [7, 11) is 0. The summed E-state index contributed by atoms with van der Waals surface area (Å²) < 4.78 is 2.33. The molecule has 0 fully saturated rings. The van der Waals surface area contributed by atoms with E-state index in [-0.39, 0.29) is 0 Å². The molecule has 0 spiro atoms. The second-order valence-corrected chi connectivity index (χ2v) is 6.22. The Kier molecular flexibility index (Phi) is 5.32. The smallest absolute Gasteiger partial charge is 0.0455 e. The largest absolute Gasteiger partial charge is 0.318 e. The Bertz CT molecular complexity index is 546. The van der Waals surface area contributed by atoms with Crippen molar-refractivity contribution in [2.24, 2.45) is 0 Å². The second kappa shape index (κ2) is 7.00. The number of nitrogens with one attached hydrogen (secondary N) is 1. The zero-order valence-electron chi connectivity index (χ0n) is 12.8. The lowest BCUT2D eigenvalue weighted by Gasteiger charge is -2.13. The molecule has 1 unspecified atom stereocenters. The van der Waals surface area contributed by atoms with Gasteiger partial charge in [-0.3, -0.25) is 0 Å². The lowest BCUT2D eigenvalue weighted by molar-refractivity contribution is 0.594. The van der Waals surface area contributed by atoms with E-state index in [1.807, 2.05) is 11.8 Å². The molecule has 1 heterocycles. The number of benzene rings is 1. The van der Waals surface area contributed by atoms with Crippen LogP contribution in [0.3, 0.4) is 0 Å². The molecule has 1 aromatic carbocycles. The van der Waals surface area contributed by atoms with Gasteiger partial charge in [0.05, 0.1) is 0 Å². The van der Waals surface area contributed by atoms with E-state index in [0.29, 0.717) is 6.04 Å². The Morgan fingerprint density at radius 2 is 1.90 bits per heavy atom. The second-order valence-electron chi connectivity index (χ2n) is 5.30. The van der Waals surface area contributed by atoms with Crippen molar-refractivity contribution in [1.82, 2.24) is 9.88 Å². The highest BCUT2D eigenvalue weighted by molar-refractivity contribution is 7.98. The normalized spacial score (nSPS) is 12.6. The molecule has 20 heavy (non-hydrogen) atoms. The molecule has 1 atom stereocenters. The van der Waals surface area contributed by atoms with Crippen LogP contribution in [0.25, 0.3) is 5.69 Å². The number of aryl methyl sites for hydroxylation is 1. The highest BCUT2D eigenvalue weighted by Crippen LogP contribution is 2.20. The van der Waals surface area contributed by atoms with Crippen molar-refractivity contribution < 1.29 is 0 Å². The monoisotopic (exact) mass is 288 g/mol. The van der Waals surface area contributed by atoms with Crippen molar-refractivity contribution in [1.29, 1.82) is 0 Å². The van der Waals surface area contributed by atoms with Crippen LogP contribution in [0, 0.1) is 13.8 Å². The van der Waals surface area contributed by atoms with Gasteiger partial charge in [-0.15, -0.1) is 0 Å². The predicted octanol–water partition coefficient (Wildman–Crippen LogP) is 3.94. The molecule has 0 aliphatic carbocycles. The van der Waals surface area contributed by atoms with Crippen molar-refractivity contribution in [2.45, 2.75) is 33.4 Å². The lowest BCUT2D eigenvalue weighted by Crippen LogP contribution is -2.27. The van der Waals surface area contributed by atoms with Gasteiger partial charge in [0.25, 0.3) is 0 Å². The fourth-order valence-electron chi connectivity index (χ4n) is 2.58. The summed E-state index contributed by atoms with van der Waals surface area (Å²) in [5, 5.41) is 3.60. The molecule has 2 nitrogen and oxygen atoms in total. The Labute approximate surface area is 126 Å². The van der Waals surface area contributed by atoms with Gasteiger partial charge in [-0.2, -0.15) is 11.8 Å². The predicted molar refractivity (Wildman–Crippen MR) is 89.9 cm³/mol. The van der Waals surface area contributed by atoms with Gasteiger partial charge in [0.1, 0.15) is 0 Å². The first-order valence-corrected chi connectivity index (χ1v) is 8.48. The molecule has 3 heteroatoms. The third-order valence-corrected chi connectivity index (χ3v) is 4.44. The van der Waals surface area contributed by atoms with Crippen LogP contribution in [0.5, 0.6) is 0 Å². The molecule has 108 valence electrons. The summed E-state index contributed by atoms with van der Waals surface area (Å²) in [6, 6.07) is 13.4. The number of hydrogen-bond donors (Lipinski definition) is 1. The van der Waals surface area contributed by atoms with E-state index < -0.39 is 0 Å². The van der Waals surface area contributed by atoms with Crippen LogP contribution in [-0.2, 0) is 6.54 Å². The van der Waals surface area contributed by atoms with Gasteiger partial charge in [-0.25, -0.2) is 0 Å². The summed E-state index contributed by atoms with van der Waals surface area (Å²) in [5.41, 5.74) is 5.26. The molecule has 0 radical (unpaired) electrons. The van der Waals surface area contributed by atoms with Crippen LogP contribution in [0.15, 0.2) is 36.4 Å². The van der Waals surface area contributed by atoms with E-state index in [4.69, 9.17) is 0 Å². The molecule has 2 rings (SSSR count). The number of nitrogens with zero attached hydrogens (tertiary/aromatic N) is 1. The van der Waals surface area contributed by atoms with Gasteiger partial charge >= 0.3 is 0 Å². The van der Waals surface area contributed by atoms with Gasteiger partial charge in [0.15, 0.2) is 0 Å². The van der Waals surface area contributed by atoms with Crippen LogP contribution < -0.4 is 5.32 Å². The number of thioether (sulfide) groups is 1. The minimum atomic E-state index is 0.546. The Hall–Kier alpha value is -1.19. The molecule has 0 aliphatic heterocycles. The third kappa shape index (κ3) is 3.47. The van der Waals surface area contributed by atoms with Crippen LogP contribution in [0.1, 0.15) is 23.9 Å². The van der Waals surface area contributed by atoms with Gasteiger partial charge < -0.3 is 9.88 Å². The first kappa shape index (κ1) is 15.2. The number of aromatic nitrogens is 1. The molecular formula is C17H24N2S. The Morgan fingerprint density at radius 1 is 1.20 bits per heavy atom. The summed E-state index contributed by atoms with van der Waals surface area (Å²) in [6.07, 6.45) is 2.15. The summed E-state index contributed by atoms with van der Waals surface area (Å²) >= 11 is 1.89. The molecule has 0 saturated carbocycles. The maximum Gasteiger partial charge on any atom is 0.0455 e. The van der Waals surface area contributed by atoms with Crippen molar-refractivity contribution in [2.75, 3.05) is 12.0 Å². The zero-order valence-corrected chi connectivity index (χ0v) is 13.6. The van der Waals surface area contributed by atoms with Crippen molar-refractivity contribution in [3.63, 3.8) is 0 Å². The molecule has 2 aromatic rings. The average Bonchev–Trinajstić information content (AvgIpc) is 2.72. The zero-order chi connectivity index (χ0) is 14.5. The Balaban J connectivity index is 2.17. The molecule has 1 aromatic heterocycles. The first-order valence-electron chi connectivity index (χ1n) is 7.09. The van der Waals surface area contributed by atoms with Crippen LogP contribution in [0.2, 0.25) is 0 Å². The average molecular weight is 288 g/mol. The summed E-state index contributed by atoms with van der Waals surface area (Å²) in [4.78, 5) is 0. The summed E-state index contributed by atoms with van der Waals surface area (Å²) in [6.45, 7) is 7.56. The fourth-order valence-corrected chi connectivity index (χ4v) is 3.19. The fraction of sp³-hybridized carbons (Fsp3) is 0.412. The van der Waals surface area contributed by atoms with Crippen molar-refractivity contribution >= 4 is 11.8 Å². The molecule has 0 aliphatic rings. The van der Waals surface area contributed by atoms with Crippen molar-refractivity contribution in [3.05, 3.63) is 53.3 Å². The first-order chi connectivity index (χ1) is 9.63. The minimum Gasteiger partial charge on any atom is -0.318 e. The van der Waals surface area contributed by atoms with Crippen LogP contribution >= 0.6 is 11.8 Å². The quantitative estimate of drug-likeness (QED) is 0.867. The highest BCUT2D eigenvalue weighted by Gasteiger charge is 2.11. The Morgan fingerprint density at radius 3 is 2.55 bits per heavy atom. The van der Waals surface area contributed by atoms with E-state index in [9.17, 15) is 0 Å². The van der Waals surface area contributed by atoms with E-state index in [2.05, 4.69) is 73.3 Å². The molecule has 0 amide bonds. The molecule has 1 N–H and O–H groups in total. The number of hydrogen-bond acceptors (Lipinski definition) is 2. The molecule has 0 bridgehead atoms. The standard InChI is InChI=1S/C17H24N2S/c1-13(12-20-4)18-11-16-10-14(2)19(15(16)3)17-8-6-5-7-9-17/h5-10,13,18H,11-12H2,1-4H3. The van der Waals surface area contributed by atoms with Crippen molar-refractivity contribution in [3.8, 4) is 5.69 Å². The van der Waals surface area contributed by atoms with Crippen LogP contribution in [-0.4, -0.2) is 22.6 Å². The van der Waals surface area contributed by atoms with E-state index in [0.717, 1.165) is 12.3 Å². The SMILES string of the molecule is CSCC(C)NCc1cc(C)n(-c2ccccc2)c1C. The van der Waals surface area contributed by atoms with E-state index in [1.165, 1.54) is 22.6 Å². The topological polar surface area (TPSA) is 17.0 Å². The molecular weight excluding hydrogens is 264 g/mol. The van der Waals surface area contributed by atoms with Crippen LogP contribution in [0.4, 0.5) is 0 Å². The lowest BCUT2D eigenvalue weighted by atomic mass is 10.2. The molecule has 0 saturated heterocycles. The van der Waals surface area contributed by atoms with Gasteiger partial charge in [0.2, 0.25) is 0 Å². The minimum absolute atomic E-state index is 0.546. The number of para-hydroxylation sites is 1. The summed E-state index contributed by atoms with van der Waals surface area (Å²) in [5.74, 6) is 1.15. The van der Waals surface area contributed by atoms with E-state index in [1.54, 1.807) is 0 Å². The van der Waals surface area contributed by atoms with Gasteiger partial charge in [-0.05, 0) is 50.8 Å². The highest BCUT2D eigenvalue weighted by atomic mass is 32.2. The van der Waals surface area contributed by atoms with Gasteiger partial charge in [-0.1, -0.05) is 18.2 Å². The van der Waals surface area contributed by atoms with E-state index >= 15 is 0 Å². The maximum atomic E-state index is 3.60. The third-order valence-electron chi connectivity index (χ3n) is 3.61. The van der Waals surface area contributed by atoms with Gasteiger partial charge in [0, 0.05) is 35.4 Å².